The van der Waals surface area contributed by atoms with Crippen LogP contribution in [-0.2, 0) is 4.74 Å². The Balaban J connectivity index is -0.0000000405. The van der Waals surface area contributed by atoms with E-state index in [1.807, 2.05) is 0 Å². The van der Waals surface area contributed by atoms with Crippen LogP contribution in [-0.4, -0.2) is 13.7 Å². The van der Waals surface area contributed by atoms with Gasteiger partial charge in [0.2, 0.25) is 0 Å². The first-order valence-corrected chi connectivity index (χ1v) is 4.19. The summed E-state index contributed by atoms with van der Waals surface area (Å²) >= 11 is 0. The molecule has 0 radical (unpaired) electrons. The summed E-state index contributed by atoms with van der Waals surface area (Å²) in [6.07, 6.45) is 2.54. The summed E-state index contributed by atoms with van der Waals surface area (Å²) in [5, 5.41) is 0. The van der Waals surface area contributed by atoms with Crippen LogP contribution in [0.2, 0.25) is 0 Å². The third kappa shape index (κ3) is 24.9. The Morgan fingerprint density at radius 3 is 1.53 bits per heavy atom. The van der Waals surface area contributed by atoms with Crippen LogP contribution in [0.1, 0.15) is 70.7 Å². The Bertz CT molecular complexity index is 69.7. The highest BCUT2D eigenvalue weighted by molar-refractivity contribution is 4.57. The Morgan fingerprint density at radius 1 is 0.933 bits per heavy atom. The van der Waals surface area contributed by atoms with Crippen LogP contribution < -0.4 is 0 Å². The molecule has 0 N–H and O–H groups in total. The van der Waals surface area contributed by atoms with Gasteiger partial charge in [0.25, 0.3) is 0 Å². The van der Waals surface area contributed by atoms with Gasteiger partial charge in [0.15, 0.2) is 0 Å². The SMILES string of the molecule is C.C.C.C.C.CCC(COC)CC(C)C. The van der Waals surface area contributed by atoms with Crippen molar-refractivity contribution in [1.29, 1.82) is 0 Å². The molecule has 0 fully saturated rings. The summed E-state index contributed by atoms with van der Waals surface area (Å²) in [5.74, 6) is 1.57. The second-order valence-corrected chi connectivity index (χ2v) is 3.36. The van der Waals surface area contributed by atoms with Gasteiger partial charge < -0.3 is 4.74 Å². The standard InChI is InChI=1S/C9H20O.5CH4/c1-5-9(7-10-4)6-8(2)3;;;;;/h8-9H,5-7H2,1-4H3;5*1H4. The molecule has 0 heterocycles. The van der Waals surface area contributed by atoms with Gasteiger partial charge >= 0.3 is 0 Å². The van der Waals surface area contributed by atoms with Crippen molar-refractivity contribution >= 4 is 0 Å². The summed E-state index contributed by atoms with van der Waals surface area (Å²) in [4.78, 5) is 0. The predicted octanol–water partition coefficient (Wildman–Crippen LogP) is 5.89. The van der Waals surface area contributed by atoms with Crippen LogP contribution in [0.25, 0.3) is 0 Å². The van der Waals surface area contributed by atoms with Crippen LogP contribution in [0.15, 0.2) is 0 Å². The Hall–Kier alpha value is -0.0400. The molecule has 0 aromatic heterocycles. The van der Waals surface area contributed by atoms with E-state index < -0.39 is 0 Å². The molecule has 0 saturated carbocycles. The van der Waals surface area contributed by atoms with Crippen LogP contribution in [0, 0.1) is 11.8 Å². The van der Waals surface area contributed by atoms with Crippen molar-refractivity contribution in [2.45, 2.75) is 70.7 Å². The maximum atomic E-state index is 5.10. The lowest BCUT2D eigenvalue weighted by Gasteiger charge is -2.15. The van der Waals surface area contributed by atoms with Gasteiger partial charge in [-0.1, -0.05) is 64.3 Å². The Morgan fingerprint density at radius 2 is 1.33 bits per heavy atom. The number of methoxy groups -OCH3 is 1. The summed E-state index contributed by atoms with van der Waals surface area (Å²) < 4.78 is 5.10. The average molecular weight is 224 g/mol. The molecule has 0 aliphatic heterocycles. The molecule has 0 spiro atoms. The molecular weight excluding hydrogens is 184 g/mol. The zero-order chi connectivity index (χ0) is 7.98. The van der Waals surface area contributed by atoms with Crippen molar-refractivity contribution < 1.29 is 4.74 Å². The lowest BCUT2D eigenvalue weighted by Crippen LogP contribution is -2.09. The summed E-state index contributed by atoms with van der Waals surface area (Å²) in [5.41, 5.74) is 0. The minimum atomic E-state index is 0. The Kier molecular flexibility index (Phi) is 57.2. The molecule has 1 unspecified atom stereocenters. The average Bonchev–Trinajstić information content (AvgIpc) is 1.86. The van der Waals surface area contributed by atoms with Gasteiger partial charge in [-0.2, -0.15) is 0 Å². The van der Waals surface area contributed by atoms with E-state index in [0.717, 1.165) is 18.4 Å². The van der Waals surface area contributed by atoms with E-state index >= 15 is 0 Å². The van der Waals surface area contributed by atoms with Crippen LogP contribution >= 0.6 is 0 Å². The maximum absolute atomic E-state index is 5.10. The second-order valence-electron chi connectivity index (χ2n) is 3.36. The van der Waals surface area contributed by atoms with Gasteiger partial charge in [-0.05, 0) is 18.3 Å². The molecule has 0 aliphatic carbocycles. The molecule has 0 aromatic rings. The molecule has 0 saturated heterocycles. The van der Waals surface area contributed by atoms with Crippen molar-refractivity contribution in [3.8, 4) is 0 Å². The third-order valence-corrected chi connectivity index (χ3v) is 1.78. The fraction of sp³-hybridized carbons (Fsp3) is 1.00. The zero-order valence-corrected chi connectivity index (χ0v) is 7.68. The molecule has 0 amide bonds. The van der Waals surface area contributed by atoms with Crippen molar-refractivity contribution in [2.75, 3.05) is 13.7 Å². The van der Waals surface area contributed by atoms with Crippen LogP contribution in [0.3, 0.4) is 0 Å². The highest BCUT2D eigenvalue weighted by Crippen LogP contribution is 2.14. The van der Waals surface area contributed by atoms with E-state index in [1.165, 1.54) is 12.8 Å². The van der Waals surface area contributed by atoms with E-state index in [1.54, 1.807) is 7.11 Å². The lowest BCUT2D eigenvalue weighted by atomic mass is 9.96. The second kappa shape index (κ2) is 23.6. The van der Waals surface area contributed by atoms with E-state index in [2.05, 4.69) is 20.8 Å². The zero-order valence-electron chi connectivity index (χ0n) is 7.68. The van der Waals surface area contributed by atoms with E-state index in [-0.39, 0.29) is 37.1 Å². The molecule has 0 aliphatic rings. The van der Waals surface area contributed by atoms with E-state index in [4.69, 9.17) is 4.74 Å². The van der Waals surface area contributed by atoms with Gasteiger partial charge in [-0.25, -0.2) is 0 Å². The molecule has 1 atom stereocenters. The molecule has 102 valence electrons. The largest absolute Gasteiger partial charge is 0.384 e. The predicted molar refractivity (Wildman–Crippen MR) is 78.8 cm³/mol. The van der Waals surface area contributed by atoms with Crippen molar-refractivity contribution in [3.63, 3.8) is 0 Å². The molecule has 0 rings (SSSR count). The number of hydrogen-bond donors (Lipinski definition) is 0. The van der Waals surface area contributed by atoms with Gasteiger partial charge in [-0.15, -0.1) is 0 Å². The normalized spacial score (nSPS) is 9.40. The van der Waals surface area contributed by atoms with Crippen LogP contribution in [0.4, 0.5) is 0 Å². The number of ether oxygens (including phenoxy) is 1. The maximum Gasteiger partial charge on any atom is 0.0490 e. The smallest absolute Gasteiger partial charge is 0.0490 e. The third-order valence-electron chi connectivity index (χ3n) is 1.78. The van der Waals surface area contributed by atoms with Crippen molar-refractivity contribution in [2.24, 2.45) is 11.8 Å². The van der Waals surface area contributed by atoms with Gasteiger partial charge in [0, 0.05) is 13.7 Å². The molecule has 1 heteroatoms. The lowest BCUT2D eigenvalue weighted by molar-refractivity contribution is 0.138. The molecule has 0 aromatic carbocycles. The molecule has 0 bridgehead atoms. The topological polar surface area (TPSA) is 9.23 Å². The fourth-order valence-corrected chi connectivity index (χ4v) is 1.25. The van der Waals surface area contributed by atoms with Gasteiger partial charge in [0.05, 0.1) is 0 Å². The van der Waals surface area contributed by atoms with Crippen LogP contribution in [0.5, 0.6) is 0 Å². The number of rotatable bonds is 5. The van der Waals surface area contributed by atoms with E-state index in [9.17, 15) is 0 Å². The minimum Gasteiger partial charge on any atom is -0.384 e. The minimum absolute atomic E-state index is 0. The summed E-state index contributed by atoms with van der Waals surface area (Å²) in [6.45, 7) is 7.68. The highest BCUT2D eigenvalue weighted by atomic mass is 16.5. The quantitative estimate of drug-likeness (QED) is 0.566. The fourth-order valence-electron chi connectivity index (χ4n) is 1.25. The first-order chi connectivity index (χ1) is 4.70. The summed E-state index contributed by atoms with van der Waals surface area (Å²) in [6, 6.07) is 0. The Labute approximate surface area is 102 Å². The van der Waals surface area contributed by atoms with Gasteiger partial charge in [0.1, 0.15) is 0 Å². The van der Waals surface area contributed by atoms with Crippen molar-refractivity contribution in [1.82, 2.24) is 0 Å². The van der Waals surface area contributed by atoms with Crippen molar-refractivity contribution in [3.05, 3.63) is 0 Å². The first-order valence-electron chi connectivity index (χ1n) is 4.19. The first kappa shape index (κ1) is 36.3. The highest BCUT2D eigenvalue weighted by Gasteiger charge is 2.07. The summed E-state index contributed by atoms with van der Waals surface area (Å²) in [7, 11) is 1.78. The number of hydrogen-bond acceptors (Lipinski definition) is 1. The molecule has 15 heavy (non-hydrogen) atoms. The van der Waals surface area contributed by atoms with Gasteiger partial charge in [-0.3, -0.25) is 0 Å². The molecule has 1 nitrogen and oxygen atoms in total. The van der Waals surface area contributed by atoms with E-state index in [0.29, 0.717) is 0 Å². The monoisotopic (exact) mass is 224 g/mol. The molecular formula is C14H40O.